The summed E-state index contributed by atoms with van der Waals surface area (Å²) in [6.45, 7) is 0.778. The summed E-state index contributed by atoms with van der Waals surface area (Å²) in [7, 11) is 0. The Bertz CT molecular complexity index is 509. The van der Waals surface area contributed by atoms with E-state index in [1.54, 1.807) is 17.5 Å². The minimum atomic E-state index is -0.222. The normalized spacial score (nSPS) is 10.3. The number of aromatic amines is 1. The average molecular weight is 300 g/mol. The van der Waals surface area contributed by atoms with Crippen molar-refractivity contribution in [2.24, 2.45) is 0 Å². The van der Waals surface area contributed by atoms with Crippen LogP contribution in [-0.4, -0.2) is 16.7 Å². The molecular formula is C10H10BrN3OS. The number of halogens is 1. The van der Waals surface area contributed by atoms with Crippen LogP contribution < -0.4 is 10.9 Å². The van der Waals surface area contributed by atoms with E-state index in [0.717, 1.165) is 18.7 Å². The number of thiophene rings is 1. The Labute approximate surface area is 105 Å². The number of nitrogens with one attached hydrogen (secondary N) is 2. The third kappa shape index (κ3) is 2.70. The second kappa shape index (κ2) is 5.27. The number of hydrogen-bond acceptors (Lipinski definition) is 4. The fraction of sp³-hybridized carbons (Fsp3) is 0.200. The van der Waals surface area contributed by atoms with Gasteiger partial charge < -0.3 is 5.32 Å². The van der Waals surface area contributed by atoms with Crippen molar-refractivity contribution in [3.8, 4) is 0 Å². The van der Waals surface area contributed by atoms with Gasteiger partial charge >= 0.3 is 0 Å². The summed E-state index contributed by atoms with van der Waals surface area (Å²) < 4.78 is 0.493. The van der Waals surface area contributed by atoms with Crippen molar-refractivity contribution >= 4 is 33.0 Å². The van der Waals surface area contributed by atoms with E-state index in [2.05, 4.69) is 48.3 Å². The molecule has 0 aromatic carbocycles. The van der Waals surface area contributed by atoms with Gasteiger partial charge in [0.25, 0.3) is 5.56 Å². The molecule has 2 aromatic rings. The van der Waals surface area contributed by atoms with Crippen molar-refractivity contribution in [1.82, 2.24) is 10.2 Å². The van der Waals surface area contributed by atoms with Crippen LogP contribution in [0.3, 0.4) is 0 Å². The highest BCUT2D eigenvalue weighted by Gasteiger charge is 2.03. The first-order valence-corrected chi connectivity index (χ1v) is 6.49. The monoisotopic (exact) mass is 299 g/mol. The van der Waals surface area contributed by atoms with Gasteiger partial charge in [0.15, 0.2) is 0 Å². The van der Waals surface area contributed by atoms with Crippen molar-refractivity contribution in [3.63, 3.8) is 0 Å². The molecule has 0 atom stereocenters. The van der Waals surface area contributed by atoms with Crippen molar-refractivity contribution < 1.29 is 0 Å². The van der Waals surface area contributed by atoms with E-state index >= 15 is 0 Å². The lowest BCUT2D eigenvalue weighted by Gasteiger charge is -2.05. The highest BCUT2D eigenvalue weighted by molar-refractivity contribution is 9.10. The zero-order valence-corrected chi connectivity index (χ0v) is 10.8. The van der Waals surface area contributed by atoms with Crippen molar-refractivity contribution in [3.05, 3.63) is 43.4 Å². The lowest BCUT2D eigenvalue weighted by atomic mass is 10.2. The highest BCUT2D eigenvalue weighted by Crippen LogP contribution is 2.15. The average Bonchev–Trinajstić information content (AvgIpc) is 2.77. The summed E-state index contributed by atoms with van der Waals surface area (Å²) in [6.07, 6.45) is 2.53. The van der Waals surface area contributed by atoms with Crippen molar-refractivity contribution in [2.75, 3.05) is 11.9 Å². The van der Waals surface area contributed by atoms with Crippen LogP contribution in [0.4, 0.5) is 5.69 Å². The Kier molecular flexibility index (Phi) is 3.74. The van der Waals surface area contributed by atoms with Gasteiger partial charge in [0.05, 0.1) is 11.9 Å². The van der Waals surface area contributed by atoms with Crippen LogP contribution in [0.2, 0.25) is 0 Å². The Balaban J connectivity index is 1.95. The van der Waals surface area contributed by atoms with Crippen molar-refractivity contribution in [2.45, 2.75) is 6.42 Å². The van der Waals surface area contributed by atoms with E-state index in [1.165, 1.54) is 5.56 Å². The van der Waals surface area contributed by atoms with Crippen LogP contribution in [0.5, 0.6) is 0 Å². The summed E-state index contributed by atoms with van der Waals surface area (Å²) in [6, 6.07) is 2.09. The van der Waals surface area contributed by atoms with Gasteiger partial charge in [-0.25, -0.2) is 5.10 Å². The van der Waals surface area contributed by atoms with Gasteiger partial charge in [0, 0.05) is 6.54 Å². The Morgan fingerprint density at radius 2 is 2.44 bits per heavy atom. The van der Waals surface area contributed by atoms with Crippen LogP contribution in [0.15, 0.2) is 32.3 Å². The molecule has 0 saturated heterocycles. The predicted molar refractivity (Wildman–Crippen MR) is 69.1 cm³/mol. The molecule has 2 rings (SSSR count). The first-order chi connectivity index (χ1) is 7.77. The molecular weight excluding hydrogens is 290 g/mol. The predicted octanol–water partition coefficient (Wildman–Crippen LogP) is 2.25. The van der Waals surface area contributed by atoms with E-state index in [1.807, 2.05) is 0 Å². The van der Waals surface area contributed by atoms with Crippen LogP contribution in [0, 0.1) is 0 Å². The van der Waals surface area contributed by atoms with Crippen molar-refractivity contribution in [1.29, 1.82) is 0 Å². The largest absolute Gasteiger partial charge is 0.382 e. The molecule has 4 nitrogen and oxygen atoms in total. The number of H-pyrrole nitrogens is 1. The SMILES string of the molecule is O=c1[nH]ncc(NCCc2ccsc2)c1Br. The highest BCUT2D eigenvalue weighted by atomic mass is 79.9. The standard InChI is InChI=1S/C10H10BrN3OS/c11-9-8(5-13-14-10(9)15)12-3-1-7-2-4-16-6-7/h2,4-6H,1,3H2,(H2,12,14,15). The molecule has 0 aliphatic carbocycles. The molecule has 6 heteroatoms. The van der Waals surface area contributed by atoms with Gasteiger partial charge in [-0.05, 0) is 44.7 Å². The molecule has 2 heterocycles. The van der Waals surface area contributed by atoms with Gasteiger partial charge in [-0.2, -0.15) is 16.4 Å². The number of nitrogens with zero attached hydrogens (tertiary/aromatic N) is 1. The van der Waals surface area contributed by atoms with Gasteiger partial charge in [-0.3, -0.25) is 4.79 Å². The second-order valence-electron chi connectivity index (χ2n) is 3.24. The fourth-order valence-corrected chi connectivity index (χ4v) is 2.32. The molecule has 0 fully saturated rings. The van der Waals surface area contributed by atoms with Crippen LogP contribution in [0.25, 0.3) is 0 Å². The summed E-state index contributed by atoms with van der Waals surface area (Å²) in [5, 5.41) is 13.4. The molecule has 0 unspecified atom stereocenters. The molecule has 84 valence electrons. The third-order valence-electron chi connectivity index (χ3n) is 2.10. The molecule has 2 N–H and O–H groups in total. The summed E-state index contributed by atoms with van der Waals surface area (Å²) in [5.41, 5.74) is 1.80. The smallest absolute Gasteiger partial charge is 0.280 e. The maximum Gasteiger partial charge on any atom is 0.280 e. The van der Waals surface area contributed by atoms with E-state index < -0.39 is 0 Å². The summed E-state index contributed by atoms with van der Waals surface area (Å²) in [5.74, 6) is 0. The minimum Gasteiger partial charge on any atom is -0.382 e. The van der Waals surface area contributed by atoms with Gasteiger partial charge in [0.2, 0.25) is 0 Å². The van der Waals surface area contributed by atoms with E-state index in [4.69, 9.17) is 0 Å². The first-order valence-electron chi connectivity index (χ1n) is 4.75. The van der Waals surface area contributed by atoms with E-state index in [0.29, 0.717) is 4.47 Å². The van der Waals surface area contributed by atoms with Gasteiger partial charge in [-0.15, -0.1) is 0 Å². The molecule has 0 saturated carbocycles. The molecule has 0 radical (unpaired) electrons. The van der Waals surface area contributed by atoms with Crippen LogP contribution in [-0.2, 0) is 6.42 Å². The fourth-order valence-electron chi connectivity index (χ4n) is 1.28. The summed E-state index contributed by atoms with van der Waals surface area (Å²) >= 11 is 4.90. The molecule has 0 aliphatic heterocycles. The number of rotatable bonds is 4. The van der Waals surface area contributed by atoms with Crippen LogP contribution >= 0.6 is 27.3 Å². The quantitative estimate of drug-likeness (QED) is 0.910. The zero-order chi connectivity index (χ0) is 11.4. The zero-order valence-electron chi connectivity index (χ0n) is 8.37. The molecule has 0 aliphatic rings. The Morgan fingerprint density at radius 1 is 1.56 bits per heavy atom. The molecule has 2 aromatic heterocycles. The lowest BCUT2D eigenvalue weighted by molar-refractivity contribution is 0.961. The summed E-state index contributed by atoms with van der Waals surface area (Å²) in [4.78, 5) is 11.2. The maximum absolute atomic E-state index is 11.2. The number of anilines is 1. The number of aromatic nitrogens is 2. The molecule has 0 bridgehead atoms. The van der Waals surface area contributed by atoms with Gasteiger partial charge in [-0.1, -0.05) is 0 Å². The first kappa shape index (κ1) is 11.3. The van der Waals surface area contributed by atoms with Crippen LogP contribution in [0.1, 0.15) is 5.56 Å². The molecule has 16 heavy (non-hydrogen) atoms. The molecule has 0 spiro atoms. The van der Waals surface area contributed by atoms with Gasteiger partial charge in [0.1, 0.15) is 4.47 Å². The Morgan fingerprint density at radius 3 is 3.19 bits per heavy atom. The minimum absolute atomic E-state index is 0.222. The van der Waals surface area contributed by atoms with E-state index in [-0.39, 0.29) is 5.56 Å². The lowest BCUT2D eigenvalue weighted by Crippen LogP contribution is -2.13. The number of hydrogen-bond donors (Lipinski definition) is 2. The topological polar surface area (TPSA) is 57.8 Å². The third-order valence-corrected chi connectivity index (χ3v) is 3.62. The maximum atomic E-state index is 11.2. The van der Waals surface area contributed by atoms with E-state index in [9.17, 15) is 4.79 Å². The second-order valence-corrected chi connectivity index (χ2v) is 4.81. The molecule has 0 amide bonds. The Hall–Kier alpha value is -1.14.